The van der Waals surface area contributed by atoms with Crippen LogP contribution in [-0.4, -0.2) is 24.5 Å². The molecule has 1 aliphatic rings. The van der Waals surface area contributed by atoms with E-state index < -0.39 is 6.10 Å². The van der Waals surface area contributed by atoms with E-state index in [2.05, 4.69) is 10.6 Å². The smallest absolute Gasteiger partial charge is 0.255 e. The van der Waals surface area contributed by atoms with E-state index in [0.717, 1.165) is 18.4 Å². The van der Waals surface area contributed by atoms with Crippen molar-refractivity contribution < 1.29 is 14.3 Å². The highest BCUT2D eigenvalue weighted by Crippen LogP contribution is 2.21. The summed E-state index contributed by atoms with van der Waals surface area (Å²) in [6.45, 7) is 2.51. The molecule has 2 N–H and O–H groups in total. The fourth-order valence-corrected chi connectivity index (χ4v) is 2.80. The number of carbonyl (C=O) groups is 2. The zero-order valence-electron chi connectivity index (χ0n) is 13.8. The summed E-state index contributed by atoms with van der Waals surface area (Å²) in [5.41, 5.74) is 2.57. The molecule has 1 atom stereocenters. The third-order valence-corrected chi connectivity index (χ3v) is 4.45. The lowest BCUT2D eigenvalue weighted by Crippen LogP contribution is -2.27. The van der Waals surface area contributed by atoms with Gasteiger partial charge in [-0.05, 0) is 55.7 Å². The van der Waals surface area contributed by atoms with Crippen molar-refractivity contribution in [2.45, 2.75) is 25.9 Å². The summed E-state index contributed by atoms with van der Waals surface area (Å²) in [6, 6.07) is 12.1. The average Bonchev–Trinajstić information content (AvgIpc) is 3.13. The maximum atomic E-state index is 12.4. The SMILES string of the molecule is Cc1ccc(NC(=O)c2cccc(NC(=O)C3CCCO3)c2)cc1Cl. The number of aryl methyl sites for hydroxylation is 1. The number of benzene rings is 2. The first kappa shape index (κ1) is 17.5. The molecule has 3 rings (SSSR count). The molecule has 0 aromatic heterocycles. The van der Waals surface area contributed by atoms with Crippen LogP contribution >= 0.6 is 11.6 Å². The Bertz CT molecular complexity index is 801. The Hall–Kier alpha value is -2.37. The van der Waals surface area contributed by atoms with Gasteiger partial charge in [0, 0.05) is 28.6 Å². The highest BCUT2D eigenvalue weighted by atomic mass is 35.5. The average molecular weight is 359 g/mol. The number of halogens is 1. The molecule has 130 valence electrons. The van der Waals surface area contributed by atoms with Gasteiger partial charge in [-0.15, -0.1) is 0 Å². The number of amides is 2. The minimum atomic E-state index is -0.410. The van der Waals surface area contributed by atoms with Gasteiger partial charge in [0.25, 0.3) is 11.8 Å². The van der Waals surface area contributed by atoms with Crippen molar-refractivity contribution in [2.75, 3.05) is 17.2 Å². The molecular formula is C19H19ClN2O3. The summed E-state index contributed by atoms with van der Waals surface area (Å²) in [5, 5.41) is 6.19. The summed E-state index contributed by atoms with van der Waals surface area (Å²) >= 11 is 6.08. The van der Waals surface area contributed by atoms with Crippen molar-refractivity contribution in [2.24, 2.45) is 0 Å². The van der Waals surface area contributed by atoms with Crippen LogP contribution in [0.3, 0.4) is 0 Å². The van der Waals surface area contributed by atoms with Crippen molar-refractivity contribution in [3.05, 3.63) is 58.6 Å². The molecule has 25 heavy (non-hydrogen) atoms. The first-order chi connectivity index (χ1) is 12.0. The molecule has 5 nitrogen and oxygen atoms in total. The van der Waals surface area contributed by atoms with E-state index in [9.17, 15) is 9.59 Å². The first-order valence-corrected chi connectivity index (χ1v) is 8.51. The molecular weight excluding hydrogens is 340 g/mol. The van der Waals surface area contributed by atoms with Gasteiger partial charge in [0.05, 0.1) is 0 Å². The molecule has 1 saturated heterocycles. The molecule has 6 heteroatoms. The van der Waals surface area contributed by atoms with Gasteiger partial charge in [-0.25, -0.2) is 0 Å². The predicted octanol–water partition coefficient (Wildman–Crippen LogP) is 4.02. The minimum Gasteiger partial charge on any atom is -0.368 e. The number of rotatable bonds is 4. The van der Waals surface area contributed by atoms with E-state index in [1.54, 1.807) is 36.4 Å². The van der Waals surface area contributed by atoms with Gasteiger partial charge >= 0.3 is 0 Å². The maximum Gasteiger partial charge on any atom is 0.255 e. The van der Waals surface area contributed by atoms with Crippen LogP contribution in [-0.2, 0) is 9.53 Å². The molecule has 1 unspecified atom stereocenters. The lowest BCUT2D eigenvalue weighted by atomic mass is 10.1. The van der Waals surface area contributed by atoms with Gasteiger partial charge in [-0.2, -0.15) is 0 Å². The molecule has 0 aliphatic carbocycles. The molecule has 0 radical (unpaired) electrons. The van der Waals surface area contributed by atoms with Crippen LogP contribution in [0.5, 0.6) is 0 Å². The fourth-order valence-electron chi connectivity index (χ4n) is 2.62. The van der Waals surface area contributed by atoms with E-state index in [4.69, 9.17) is 16.3 Å². The second-order valence-electron chi connectivity index (χ2n) is 5.99. The van der Waals surface area contributed by atoms with E-state index in [0.29, 0.717) is 28.6 Å². The van der Waals surface area contributed by atoms with Gasteiger partial charge in [-0.3, -0.25) is 9.59 Å². The first-order valence-electron chi connectivity index (χ1n) is 8.13. The Labute approximate surface area is 151 Å². The van der Waals surface area contributed by atoms with Gasteiger partial charge in [0.1, 0.15) is 6.10 Å². The van der Waals surface area contributed by atoms with Crippen LogP contribution in [0, 0.1) is 6.92 Å². The molecule has 0 spiro atoms. The van der Waals surface area contributed by atoms with Crippen LogP contribution < -0.4 is 10.6 Å². The zero-order valence-corrected chi connectivity index (χ0v) is 14.6. The summed E-state index contributed by atoms with van der Waals surface area (Å²) in [5.74, 6) is -0.450. The Morgan fingerprint density at radius 2 is 1.92 bits per heavy atom. The van der Waals surface area contributed by atoms with Crippen LogP contribution in [0.4, 0.5) is 11.4 Å². The van der Waals surface area contributed by atoms with Crippen molar-refractivity contribution in [3.63, 3.8) is 0 Å². The molecule has 2 aromatic rings. The lowest BCUT2D eigenvalue weighted by Gasteiger charge is -2.12. The van der Waals surface area contributed by atoms with Crippen LogP contribution in [0.1, 0.15) is 28.8 Å². The minimum absolute atomic E-state index is 0.180. The zero-order chi connectivity index (χ0) is 17.8. The standard InChI is InChI=1S/C19H19ClN2O3/c1-12-7-8-15(11-16(12)20)21-18(23)13-4-2-5-14(10-13)22-19(24)17-6-3-9-25-17/h2,4-5,7-8,10-11,17H,3,6,9H2,1H3,(H,21,23)(H,22,24). The molecule has 2 aromatic carbocycles. The van der Waals surface area contributed by atoms with Gasteiger partial charge in [0.15, 0.2) is 0 Å². The summed E-state index contributed by atoms with van der Waals surface area (Å²) in [4.78, 5) is 24.5. The largest absolute Gasteiger partial charge is 0.368 e. The van der Waals surface area contributed by atoms with Crippen molar-refractivity contribution in [1.82, 2.24) is 0 Å². The van der Waals surface area contributed by atoms with E-state index in [-0.39, 0.29) is 11.8 Å². The van der Waals surface area contributed by atoms with E-state index >= 15 is 0 Å². The predicted molar refractivity (Wildman–Crippen MR) is 98.2 cm³/mol. The number of nitrogens with one attached hydrogen (secondary N) is 2. The topological polar surface area (TPSA) is 67.4 Å². The third-order valence-electron chi connectivity index (χ3n) is 4.04. The quantitative estimate of drug-likeness (QED) is 0.867. The van der Waals surface area contributed by atoms with Crippen molar-refractivity contribution >= 4 is 34.8 Å². The normalized spacial score (nSPS) is 16.5. The molecule has 1 aliphatic heterocycles. The van der Waals surface area contributed by atoms with Crippen molar-refractivity contribution in [1.29, 1.82) is 0 Å². The van der Waals surface area contributed by atoms with Gasteiger partial charge < -0.3 is 15.4 Å². The van der Waals surface area contributed by atoms with Gasteiger partial charge in [0.2, 0.25) is 0 Å². The maximum absolute atomic E-state index is 12.4. The number of anilines is 2. The Morgan fingerprint density at radius 3 is 2.64 bits per heavy atom. The highest BCUT2D eigenvalue weighted by molar-refractivity contribution is 6.31. The summed E-state index contributed by atoms with van der Waals surface area (Å²) < 4.78 is 5.36. The summed E-state index contributed by atoms with van der Waals surface area (Å²) in [7, 11) is 0. The second-order valence-corrected chi connectivity index (χ2v) is 6.40. The monoisotopic (exact) mass is 358 g/mol. The number of ether oxygens (including phenoxy) is 1. The van der Waals surface area contributed by atoms with Crippen LogP contribution in [0.2, 0.25) is 5.02 Å². The Kier molecular flexibility index (Phi) is 5.36. The Balaban J connectivity index is 1.68. The number of hydrogen-bond acceptors (Lipinski definition) is 3. The second kappa shape index (κ2) is 7.68. The lowest BCUT2D eigenvalue weighted by molar-refractivity contribution is -0.124. The fraction of sp³-hybridized carbons (Fsp3) is 0.263. The van der Waals surface area contributed by atoms with Crippen LogP contribution in [0.15, 0.2) is 42.5 Å². The molecule has 2 amide bonds. The highest BCUT2D eigenvalue weighted by Gasteiger charge is 2.23. The number of hydrogen-bond donors (Lipinski definition) is 2. The van der Waals surface area contributed by atoms with Crippen molar-refractivity contribution in [3.8, 4) is 0 Å². The molecule has 0 saturated carbocycles. The number of carbonyl (C=O) groups excluding carboxylic acids is 2. The molecule has 1 fully saturated rings. The van der Waals surface area contributed by atoms with E-state index in [1.165, 1.54) is 0 Å². The Morgan fingerprint density at radius 1 is 1.12 bits per heavy atom. The van der Waals surface area contributed by atoms with Crippen LogP contribution in [0.25, 0.3) is 0 Å². The van der Waals surface area contributed by atoms with Gasteiger partial charge in [-0.1, -0.05) is 23.7 Å². The summed E-state index contributed by atoms with van der Waals surface area (Å²) in [6.07, 6.45) is 1.20. The van der Waals surface area contributed by atoms with E-state index in [1.807, 2.05) is 13.0 Å². The third kappa shape index (κ3) is 4.38. The molecule has 0 bridgehead atoms. The molecule has 1 heterocycles.